The van der Waals surface area contributed by atoms with Crippen molar-refractivity contribution in [2.45, 2.75) is 12.8 Å². The molecule has 0 spiro atoms. The zero-order chi connectivity index (χ0) is 15.2. The number of benzene rings is 2. The van der Waals surface area contributed by atoms with Crippen LogP contribution in [0.25, 0.3) is 0 Å². The summed E-state index contributed by atoms with van der Waals surface area (Å²) in [5.74, 6) is 0.472. The van der Waals surface area contributed by atoms with Crippen LogP contribution in [0.3, 0.4) is 0 Å². The Hall–Kier alpha value is -0.540. The van der Waals surface area contributed by atoms with Crippen LogP contribution in [0.15, 0.2) is 46.9 Å². The van der Waals surface area contributed by atoms with Gasteiger partial charge in [-0.3, -0.25) is 0 Å². The number of nitrogens with one attached hydrogen (secondary N) is 1. The van der Waals surface area contributed by atoms with Crippen molar-refractivity contribution in [2.24, 2.45) is 5.92 Å². The van der Waals surface area contributed by atoms with Crippen molar-refractivity contribution in [3.05, 3.63) is 68.1 Å². The first kappa shape index (κ1) is 16.8. The Balaban J connectivity index is 2.13. The van der Waals surface area contributed by atoms with Crippen molar-refractivity contribution in [1.82, 2.24) is 5.32 Å². The second-order valence-corrected chi connectivity index (χ2v) is 6.96. The van der Waals surface area contributed by atoms with E-state index in [1.54, 1.807) is 0 Å². The summed E-state index contributed by atoms with van der Waals surface area (Å²) in [5, 5.41) is 4.79. The number of rotatable bonds is 6. The molecule has 0 saturated carbocycles. The monoisotopic (exact) mass is 385 g/mol. The second-order valence-electron chi connectivity index (χ2n) is 5.20. The third kappa shape index (κ3) is 5.30. The van der Waals surface area contributed by atoms with Gasteiger partial charge in [0.05, 0.1) is 0 Å². The van der Waals surface area contributed by atoms with Gasteiger partial charge in [0.15, 0.2) is 0 Å². The normalized spacial score (nSPS) is 12.4. The molecule has 2 aromatic rings. The molecule has 2 rings (SSSR count). The fraction of sp³-hybridized carbons (Fsp3) is 0.294. The summed E-state index contributed by atoms with van der Waals surface area (Å²) >= 11 is 15.9. The van der Waals surface area contributed by atoms with Crippen LogP contribution in [0.1, 0.15) is 11.1 Å². The number of halogens is 3. The summed E-state index contributed by atoms with van der Waals surface area (Å²) in [4.78, 5) is 0. The Kier molecular flexibility index (Phi) is 6.56. The molecule has 0 saturated heterocycles. The number of hydrogen-bond donors (Lipinski definition) is 1. The summed E-state index contributed by atoms with van der Waals surface area (Å²) in [6, 6.07) is 14.1. The van der Waals surface area contributed by atoms with Crippen molar-refractivity contribution in [3.8, 4) is 0 Å². The maximum Gasteiger partial charge on any atom is 0.0439 e. The van der Waals surface area contributed by atoms with Gasteiger partial charge in [0.25, 0.3) is 0 Å². The van der Waals surface area contributed by atoms with Gasteiger partial charge in [0.1, 0.15) is 0 Å². The van der Waals surface area contributed by atoms with Crippen LogP contribution < -0.4 is 5.32 Å². The van der Waals surface area contributed by atoms with Crippen LogP contribution in [0.5, 0.6) is 0 Å². The Morgan fingerprint density at radius 2 is 1.90 bits per heavy atom. The Morgan fingerprint density at radius 3 is 2.62 bits per heavy atom. The maximum atomic E-state index is 6.28. The van der Waals surface area contributed by atoms with Gasteiger partial charge in [-0.05, 0) is 73.8 Å². The highest BCUT2D eigenvalue weighted by atomic mass is 79.9. The quantitative estimate of drug-likeness (QED) is 0.702. The highest BCUT2D eigenvalue weighted by molar-refractivity contribution is 9.10. The average molecular weight is 387 g/mol. The molecule has 0 aliphatic carbocycles. The van der Waals surface area contributed by atoms with Crippen LogP contribution in [-0.2, 0) is 12.8 Å². The van der Waals surface area contributed by atoms with Crippen LogP contribution in [0.4, 0.5) is 0 Å². The molecule has 21 heavy (non-hydrogen) atoms. The third-order valence-electron chi connectivity index (χ3n) is 3.42. The van der Waals surface area contributed by atoms with Gasteiger partial charge in [-0.1, -0.05) is 51.3 Å². The summed E-state index contributed by atoms with van der Waals surface area (Å²) < 4.78 is 1.11. The van der Waals surface area contributed by atoms with E-state index < -0.39 is 0 Å². The largest absolute Gasteiger partial charge is 0.319 e. The fourth-order valence-corrected chi connectivity index (χ4v) is 3.35. The van der Waals surface area contributed by atoms with E-state index in [9.17, 15) is 0 Å². The van der Waals surface area contributed by atoms with E-state index in [-0.39, 0.29) is 0 Å². The molecule has 4 heteroatoms. The Labute approximate surface area is 144 Å². The minimum atomic E-state index is 0.472. The van der Waals surface area contributed by atoms with E-state index in [4.69, 9.17) is 23.2 Å². The van der Waals surface area contributed by atoms with E-state index in [0.29, 0.717) is 5.92 Å². The standard InChI is InChI=1S/C17H18BrCl2N/c1-21-11-13(7-12-3-2-4-15(18)9-12)8-14-10-16(19)5-6-17(14)20/h2-6,9-10,13,21H,7-8,11H2,1H3. The van der Waals surface area contributed by atoms with Gasteiger partial charge in [0.2, 0.25) is 0 Å². The molecule has 1 nitrogen and oxygen atoms in total. The molecule has 1 N–H and O–H groups in total. The van der Waals surface area contributed by atoms with Crippen LogP contribution in [0, 0.1) is 5.92 Å². The molecule has 0 aliphatic rings. The second kappa shape index (κ2) is 8.19. The van der Waals surface area contributed by atoms with Crippen molar-refractivity contribution in [1.29, 1.82) is 0 Å². The zero-order valence-corrected chi connectivity index (χ0v) is 15.0. The predicted molar refractivity (Wildman–Crippen MR) is 95.4 cm³/mol. The first-order chi connectivity index (χ1) is 10.1. The Bertz CT molecular complexity index is 601. The minimum Gasteiger partial charge on any atom is -0.319 e. The molecule has 0 heterocycles. The highest BCUT2D eigenvalue weighted by Gasteiger charge is 2.13. The molecular weight excluding hydrogens is 369 g/mol. The first-order valence-corrected chi connectivity index (χ1v) is 8.46. The van der Waals surface area contributed by atoms with Gasteiger partial charge in [-0.25, -0.2) is 0 Å². The lowest BCUT2D eigenvalue weighted by Gasteiger charge is -2.18. The highest BCUT2D eigenvalue weighted by Crippen LogP contribution is 2.25. The van der Waals surface area contributed by atoms with Gasteiger partial charge in [-0.15, -0.1) is 0 Å². The van der Waals surface area contributed by atoms with Crippen LogP contribution in [0.2, 0.25) is 10.0 Å². The van der Waals surface area contributed by atoms with Crippen molar-refractivity contribution >= 4 is 39.1 Å². The van der Waals surface area contributed by atoms with E-state index in [2.05, 4.69) is 39.4 Å². The average Bonchev–Trinajstić information content (AvgIpc) is 2.43. The van der Waals surface area contributed by atoms with Crippen LogP contribution in [-0.4, -0.2) is 13.6 Å². The van der Waals surface area contributed by atoms with Gasteiger partial charge in [-0.2, -0.15) is 0 Å². The lowest BCUT2D eigenvalue weighted by Crippen LogP contribution is -2.23. The van der Waals surface area contributed by atoms with Crippen molar-refractivity contribution in [2.75, 3.05) is 13.6 Å². The topological polar surface area (TPSA) is 12.0 Å². The molecule has 0 bridgehead atoms. The molecule has 112 valence electrons. The minimum absolute atomic E-state index is 0.472. The van der Waals surface area contributed by atoms with Crippen molar-refractivity contribution < 1.29 is 0 Å². The molecular formula is C17H18BrCl2N. The SMILES string of the molecule is CNCC(Cc1cccc(Br)c1)Cc1cc(Cl)ccc1Cl. The molecule has 0 fully saturated rings. The van der Waals surface area contributed by atoms with Gasteiger partial charge < -0.3 is 5.32 Å². The molecule has 0 aliphatic heterocycles. The zero-order valence-electron chi connectivity index (χ0n) is 11.9. The molecule has 0 radical (unpaired) electrons. The lowest BCUT2D eigenvalue weighted by atomic mass is 9.92. The van der Waals surface area contributed by atoms with Crippen LogP contribution >= 0.6 is 39.1 Å². The summed E-state index contributed by atoms with van der Waals surface area (Å²) in [6.07, 6.45) is 1.91. The molecule has 0 aromatic heterocycles. The maximum absolute atomic E-state index is 6.28. The lowest BCUT2D eigenvalue weighted by molar-refractivity contribution is 0.493. The summed E-state index contributed by atoms with van der Waals surface area (Å²) in [7, 11) is 1.98. The Morgan fingerprint density at radius 1 is 1.10 bits per heavy atom. The van der Waals surface area contributed by atoms with Gasteiger partial charge >= 0.3 is 0 Å². The van der Waals surface area contributed by atoms with Gasteiger partial charge in [0, 0.05) is 14.5 Å². The predicted octanol–water partition coefficient (Wildman–Crippen LogP) is 5.38. The van der Waals surface area contributed by atoms with Crippen molar-refractivity contribution in [3.63, 3.8) is 0 Å². The molecule has 0 amide bonds. The molecule has 1 unspecified atom stereocenters. The van der Waals surface area contributed by atoms with E-state index in [0.717, 1.165) is 39.5 Å². The number of hydrogen-bond acceptors (Lipinski definition) is 1. The first-order valence-electron chi connectivity index (χ1n) is 6.91. The summed E-state index contributed by atoms with van der Waals surface area (Å²) in [5.41, 5.74) is 2.43. The summed E-state index contributed by atoms with van der Waals surface area (Å²) in [6.45, 7) is 0.940. The fourth-order valence-electron chi connectivity index (χ4n) is 2.51. The smallest absolute Gasteiger partial charge is 0.0439 e. The van der Waals surface area contributed by atoms with E-state index in [1.165, 1.54) is 5.56 Å². The third-order valence-corrected chi connectivity index (χ3v) is 4.52. The van der Waals surface area contributed by atoms with E-state index in [1.807, 2.05) is 31.3 Å². The molecule has 2 aromatic carbocycles. The molecule has 1 atom stereocenters. The van der Waals surface area contributed by atoms with E-state index >= 15 is 0 Å².